The minimum atomic E-state index is -0.779. The largest absolute Gasteiger partial charge is 0.508 e. The molecule has 33 heavy (non-hydrogen) atoms. The second kappa shape index (κ2) is 9.20. The highest BCUT2D eigenvalue weighted by Gasteiger charge is 2.31. The van der Waals surface area contributed by atoms with Gasteiger partial charge in [0.15, 0.2) is 0 Å². The Morgan fingerprint density at radius 3 is 1.94 bits per heavy atom. The topological polar surface area (TPSA) is 83.8 Å². The number of carbonyl (C=O) groups excluding carboxylic acids is 1. The van der Waals surface area contributed by atoms with Crippen molar-refractivity contribution in [2.75, 3.05) is 0 Å². The maximum atomic E-state index is 12.6. The number of benzene rings is 2. The van der Waals surface area contributed by atoms with Crippen molar-refractivity contribution in [1.82, 2.24) is 0 Å². The molecule has 0 aliphatic heterocycles. The van der Waals surface area contributed by atoms with Crippen molar-refractivity contribution >= 4 is 11.9 Å². The lowest BCUT2D eigenvalue weighted by molar-refractivity contribution is -0.146. The highest BCUT2D eigenvalue weighted by Crippen LogP contribution is 2.40. The van der Waals surface area contributed by atoms with Crippen LogP contribution in [0.25, 0.3) is 0 Å². The number of carboxylic acid groups (broad SMARTS) is 1. The average Bonchev–Trinajstić information content (AvgIpc) is 2.73. The SMILES string of the molecule is Cc1cc(O)c(C(C)(C)C)cc1C(C)(C)c1ccc(OC(=O)C2CCC(C(=O)O)CC2)cc1. The van der Waals surface area contributed by atoms with E-state index in [9.17, 15) is 14.7 Å². The Bertz CT molecular complexity index is 1020. The molecular weight excluding hydrogens is 416 g/mol. The lowest BCUT2D eigenvalue weighted by atomic mass is 9.73. The molecule has 1 aliphatic rings. The third-order valence-corrected chi connectivity index (χ3v) is 7.03. The van der Waals surface area contributed by atoms with Gasteiger partial charge >= 0.3 is 11.9 Å². The van der Waals surface area contributed by atoms with E-state index in [0.717, 1.165) is 22.3 Å². The summed E-state index contributed by atoms with van der Waals surface area (Å²) in [4.78, 5) is 23.7. The molecule has 5 heteroatoms. The average molecular weight is 453 g/mol. The summed E-state index contributed by atoms with van der Waals surface area (Å²) in [7, 11) is 0. The first-order chi connectivity index (χ1) is 15.3. The van der Waals surface area contributed by atoms with E-state index in [1.165, 1.54) is 0 Å². The van der Waals surface area contributed by atoms with Gasteiger partial charge in [-0.15, -0.1) is 0 Å². The van der Waals surface area contributed by atoms with Crippen LogP contribution in [-0.4, -0.2) is 22.2 Å². The Balaban J connectivity index is 1.76. The summed E-state index contributed by atoms with van der Waals surface area (Å²) < 4.78 is 5.61. The van der Waals surface area contributed by atoms with Crippen LogP contribution in [0.15, 0.2) is 36.4 Å². The zero-order valence-corrected chi connectivity index (χ0v) is 20.6. The highest BCUT2D eigenvalue weighted by molar-refractivity contribution is 5.76. The van der Waals surface area contributed by atoms with Crippen molar-refractivity contribution in [3.63, 3.8) is 0 Å². The fourth-order valence-electron chi connectivity index (χ4n) is 4.84. The third kappa shape index (κ3) is 5.40. The predicted molar refractivity (Wildman–Crippen MR) is 129 cm³/mol. The summed E-state index contributed by atoms with van der Waals surface area (Å²) >= 11 is 0. The quantitative estimate of drug-likeness (QED) is 0.422. The Labute approximate surface area is 196 Å². The van der Waals surface area contributed by atoms with Crippen LogP contribution >= 0.6 is 0 Å². The first-order valence-electron chi connectivity index (χ1n) is 11.7. The third-order valence-electron chi connectivity index (χ3n) is 7.03. The fourth-order valence-corrected chi connectivity index (χ4v) is 4.84. The van der Waals surface area contributed by atoms with E-state index < -0.39 is 5.97 Å². The van der Waals surface area contributed by atoms with Crippen molar-refractivity contribution in [3.8, 4) is 11.5 Å². The maximum Gasteiger partial charge on any atom is 0.314 e. The zero-order valence-electron chi connectivity index (χ0n) is 20.6. The van der Waals surface area contributed by atoms with Crippen LogP contribution in [0.3, 0.4) is 0 Å². The number of phenols is 1. The Morgan fingerprint density at radius 1 is 0.879 bits per heavy atom. The van der Waals surface area contributed by atoms with Gasteiger partial charge < -0.3 is 14.9 Å². The minimum absolute atomic E-state index is 0.176. The second-order valence-corrected chi connectivity index (χ2v) is 10.9. The van der Waals surface area contributed by atoms with E-state index in [2.05, 4.69) is 40.7 Å². The molecule has 0 saturated heterocycles. The Morgan fingerprint density at radius 2 is 1.42 bits per heavy atom. The lowest BCUT2D eigenvalue weighted by Crippen LogP contribution is -2.28. The molecule has 1 saturated carbocycles. The van der Waals surface area contributed by atoms with E-state index in [4.69, 9.17) is 9.84 Å². The van der Waals surface area contributed by atoms with Gasteiger partial charge in [-0.1, -0.05) is 52.8 Å². The van der Waals surface area contributed by atoms with Gasteiger partial charge in [-0.25, -0.2) is 0 Å². The molecule has 0 radical (unpaired) electrons. The number of ether oxygens (including phenoxy) is 1. The summed E-state index contributed by atoms with van der Waals surface area (Å²) in [5, 5.41) is 19.6. The van der Waals surface area contributed by atoms with Crippen molar-refractivity contribution in [1.29, 1.82) is 0 Å². The van der Waals surface area contributed by atoms with Crippen LogP contribution in [0, 0.1) is 18.8 Å². The molecule has 178 valence electrons. The van der Waals surface area contributed by atoms with Gasteiger partial charge in [0, 0.05) is 5.41 Å². The molecule has 3 rings (SSSR count). The molecular formula is C28H36O5. The van der Waals surface area contributed by atoms with E-state index in [0.29, 0.717) is 37.2 Å². The molecule has 0 spiro atoms. The number of rotatable bonds is 5. The van der Waals surface area contributed by atoms with Gasteiger partial charge in [-0.2, -0.15) is 0 Å². The first kappa shape index (κ1) is 24.8. The van der Waals surface area contributed by atoms with E-state index in [1.807, 2.05) is 37.3 Å². The van der Waals surface area contributed by atoms with Crippen LogP contribution in [0.5, 0.6) is 11.5 Å². The molecule has 5 nitrogen and oxygen atoms in total. The van der Waals surface area contributed by atoms with Crippen LogP contribution < -0.4 is 4.74 Å². The molecule has 1 aliphatic carbocycles. The molecule has 0 unspecified atom stereocenters. The molecule has 0 aromatic heterocycles. The zero-order chi connectivity index (χ0) is 24.6. The number of carbonyl (C=O) groups is 2. The standard InChI is InChI=1S/C28H36O5/c1-17-15-24(29)23(27(2,3)4)16-22(17)28(5,6)20-11-13-21(14-12-20)33-26(32)19-9-7-18(8-10-19)25(30)31/h11-16,18-19,29H,7-10H2,1-6H3,(H,30,31). The smallest absolute Gasteiger partial charge is 0.314 e. The monoisotopic (exact) mass is 452 g/mol. The normalized spacial score (nSPS) is 19.2. The van der Waals surface area contributed by atoms with Crippen LogP contribution in [0.4, 0.5) is 0 Å². The van der Waals surface area contributed by atoms with Crippen molar-refractivity contribution in [3.05, 3.63) is 58.7 Å². The number of aliphatic carboxylic acids is 1. The molecule has 0 amide bonds. The summed E-state index contributed by atoms with van der Waals surface area (Å²) in [5.41, 5.74) is 3.68. The van der Waals surface area contributed by atoms with Gasteiger partial charge in [0.05, 0.1) is 11.8 Å². The molecule has 0 atom stereocenters. The van der Waals surface area contributed by atoms with Gasteiger partial charge in [-0.05, 0) is 78.5 Å². The van der Waals surface area contributed by atoms with Gasteiger partial charge in [0.1, 0.15) is 11.5 Å². The molecule has 0 heterocycles. The number of carboxylic acids is 1. The van der Waals surface area contributed by atoms with Crippen molar-refractivity contribution in [2.45, 2.75) is 78.1 Å². The second-order valence-electron chi connectivity index (χ2n) is 10.9. The summed E-state index contributed by atoms with van der Waals surface area (Å²) in [6, 6.07) is 11.5. The number of aryl methyl sites for hydroxylation is 1. The summed E-state index contributed by atoms with van der Waals surface area (Å²) in [6.07, 6.45) is 2.14. The molecule has 2 N–H and O–H groups in total. The number of aromatic hydroxyl groups is 1. The van der Waals surface area contributed by atoms with E-state index in [1.54, 1.807) is 0 Å². The molecule has 2 aromatic carbocycles. The Hall–Kier alpha value is -2.82. The maximum absolute atomic E-state index is 12.6. The molecule has 1 fully saturated rings. The summed E-state index contributed by atoms with van der Waals surface area (Å²) in [6.45, 7) is 12.6. The fraction of sp³-hybridized carbons (Fsp3) is 0.500. The van der Waals surface area contributed by atoms with Crippen molar-refractivity contribution in [2.24, 2.45) is 11.8 Å². The van der Waals surface area contributed by atoms with E-state index >= 15 is 0 Å². The molecule has 0 bridgehead atoms. The number of hydrogen-bond acceptors (Lipinski definition) is 4. The summed E-state index contributed by atoms with van der Waals surface area (Å²) in [5.74, 6) is -0.838. The number of esters is 1. The van der Waals surface area contributed by atoms with Crippen molar-refractivity contribution < 1.29 is 24.5 Å². The number of phenolic OH excluding ortho intramolecular Hbond substituents is 1. The number of hydrogen-bond donors (Lipinski definition) is 2. The van der Waals surface area contributed by atoms with Gasteiger partial charge in [0.25, 0.3) is 0 Å². The predicted octanol–water partition coefficient (Wildman–Crippen LogP) is 6.12. The lowest BCUT2D eigenvalue weighted by Gasteiger charge is -2.31. The van der Waals surface area contributed by atoms with Crippen LogP contribution in [0.1, 0.15) is 82.6 Å². The highest BCUT2D eigenvalue weighted by atomic mass is 16.5. The first-order valence-corrected chi connectivity index (χ1v) is 11.7. The van der Waals surface area contributed by atoms with E-state index in [-0.39, 0.29) is 28.6 Å². The van der Waals surface area contributed by atoms with Gasteiger partial charge in [0.2, 0.25) is 0 Å². The van der Waals surface area contributed by atoms with Gasteiger partial charge in [-0.3, -0.25) is 9.59 Å². The van der Waals surface area contributed by atoms with Crippen LogP contribution in [-0.2, 0) is 20.4 Å². The van der Waals surface area contributed by atoms with Crippen LogP contribution in [0.2, 0.25) is 0 Å². The molecule has 2 aromatic rings. The Kier molecular flexibility index (Phi) is 6.92. The minimum Gasteiger partial charge on any atom is -0.508 e.